The van der Waals surface area contributed by atoms with Gasteiger partial charge in [0.05, 0.1) is 30.9 Å². The molecule has 2 aliphatic rings. The summed E-state index contributed by atoms with van der Waals surface area (Å²) in [6, 6.07) is 28.7. The third kappa shape index (κ3) is 6.09. The van der Waals surface area contributed by atoms with Crippen molar-refractivity contribution < 1.29 is 0 Å². The van der Waals surface area contributed by atoms with Gasteiger partial charge in [0.1, 0.15) is 7.85 Å². The van der Waals surface area contributed by atoms with Crippen molar-refractivity contribution >= 4 is 74.1 Å². The number of rotatable bonds is 6. The van der Waals surface area contributed by atoms with E-state index in [1.54, 1.807) is 11.3 Å². The first-order chi connectivity index (χ1) is 22.5. The summed E-state index contributed by atoms with van der Waals surface area (Å²) in [5.41, 5.74) is 15.7. The lowest BCUT2D eigenvalue weighted by Gasteiger charge is -2.28. The number of aryl methyl sites for hydroxylation is 2. The number of hydrogen-bond donors (Lipinski definition) is 0. The summed E-state index contributed by atoms with van der Waals surface area (Å²) in [4.78, 5) is 16.2. The average molecular weight is 639 g/mol. The molecule has 0 N–H and O–H groups in total. The third-order valence-electron chi connectivity index (χ3n) is 10.4. The van der Waals surface area contributed by atoms with E-state index < -0.39 is 0 Å². The van der Waals surface area contributed by atoms with Crippen molar-refractivity contribution in [2.45, 2.75) is 64.7 Å². The van der Waals surface area contributed by atoms with Gasteiger partial charge in [0, 0.05) is 25.2 Å². The van der Waals surface area contributed by atoms with E-state index in [2.05, 4.69) is 109 Å². The molecule has 4 nitrogen and oxygen atoms in total. The Balaban J connectivity index is 0.963. The van der Waals surface area contributed by atoms with Gasteiger partial charge < -0.3 is 0 Å². The summed E-state index contributed by atoms with van der Waals surface area (Å²) in [5.74, 6) is 0. The van der Waals surface area contributed by atoms with Crippen molar-refractivity contribution in [3.8, 4) is 0 Å². The van der Waals surface area contributed by atoms with Crippen LogP contribution in [0.2, 0.25) is 0 Å². The Bertz CT molecular complexity index is 2030. The van der Waals surface area contributed by atoms with Gasteiger partial charge in [0.2, 0.25) is 7.28 Å². The zero-order valence-corrected chi connectivity index (χ0v) is 28.8. The molecule has 230 valence electrons. The first-order valence-electron chi connectivity index (χ1n) is 16.9. The van der Waals surface area contributed by atoms with Crippen molar-refractivity contribution in [2.24, 2.45) is 0 Å². The van der Waals surface area contributed by atoms with E-state index in [4.69, 9.17) is 4.98 Å². The third-order valence-corrected chi connectivity index (χ3v) is 12.2. The van der Waals surface area contributed by atoms with Gasteiger partial charge in [-0.25, -0.2) is 4.98 Å². The second-order valence-corrected chi connectivity index (χ2v) is 15.5. The SMILES string of the molecule is Bc1ccc2c(c1)CCCN([C@H](C)c1ccc3sc(Bc4ccc5c(c4)CCCN([C@@H](C)c4ccc6scnc6c4)C5)nc3c1)C2. The van der Waals surface area contributed by atoms with Crippen LogP contribution < -0.4 is 15.8 Å². The van der Waals surface area contributed by atoms with Crippen molar-refractivity contribution in [1.82, 2.24) is 19.8 Å². The minimum atomic E-state index is 0.365. The summed E-state index contributed by atoms with van der Waals surface area (Å²) in [5, 5.41) is 0. The highest BCUT2D eigenvalue weighted by molar-refractivity contribution is 7.27. The second kappa shape index (κ2) is 12.7. The standard InChI is InChI=1S/C38H40B2N4S2/c1-24(26-9-13-36-34(19-26)41-23-45-36)44-16-4-6-29-18-33(12-8-31(29)22-44)40-38-42-35-20-27(10-14-37(35)46-38)25(2)43-15-3-5-28-17-32(39)11-7-30(28)21-43/h7-14,17-20,23-25,40H,3-6,15-16,21-22,39H2,1-2H3/t24-,25+/m0/s1. The molecule has 0 saturated carbocycles. The van der Waals surface area contributed by atoms with Gasteiger partial charge >= 0.3 is 0 Å². The average Bonchev–Trinajstić information content (AvgIpc) is 3.57. The number of hydrogen-bond acceptors (Lipinski definition) is 6. The van der Waals surface area contributed by atoms with Gasteiger partial charge in [-0.3, -0.25) is 14.8 Å². The molecule has 0 unspecified atom stereocenters. The molecule has 4 aromatic carbocycles. The monoisotopic (exact) mass is 638 g/mol. The molecule has 2 atom stereocenters. The van der Waals surface area contributed by atoms with Crippen LogP contribution in [0.25, 0.3) is 20.4 Å². The summed E-state index contributed by atoms with van der Waals surface area (Å²) in [6.07, 6.45) is 4.72. The lowest BCUT2D eigenvalue weighted by molar-refractivity contribution is 0.205. The van der Waals surface area contributed by atoms with E-state index in [0.29, 0.717) is 12.1 Å². The maximum atomic E-state index is 5.16. The summed E-state index contributed by atoms with van der Waals surface area (Å²) in [7, 11) is 3.10. The van der Waals surface area contributed by atoms with Crippen LogP contribution in [0.4, 0.5) is 0 Å². The van der Waals surface area contributed by atoms with Crippen LogP contribution in [-0.4, -0.2) is 48.0 Å². The first kappa shape index (κ1) is 30.1. The quantitative estimate of drug-likeness (QED) is 0.224. The normalized spacial score (nSPS) is 17.3. The molecule has 46 heavy (non-hydrogen) atoms. The van der Waals surface area contributed by atoms with E-state index in [1.807, 2.05) is 16.8 Å². The van der Waals surface area contributed by atoms with Gasteiger partial charge in [-0.2, -0.15) is 0 Å². The van der Waals surface area contributed by atoms with Crippen LogP contribution in [0.1, 0.15) is 72.2 Å². The highest BCUT2D eigenvalue weighted by Gasteiger charge is 2.23. The molecule has 4 heterocycles. The maximum Gasteiger partial charge on any atom is 0.229 e. The Morgan fingerprint density at radius 2 is 1.37 bits per heavy atom. The Kier molecular flexibility index (Phi) is 8.32. The second-order valence-electron chi connectivity index (χ2n) is 13.5. The minimum Gasteiger partial charge on any atom is -0.292 e. The van der Waals surface area contributed by atoms with Crippen molar-refractivity contribution in [3.05, 3.63) is 112 Å². The van der Waals surface area contributed by atoms with Crippen molar-refractivity contribution in [1.29, 1.82) is 0 Å². The summed E-state index contributed by atoms with van der Waals surface area (Å²) in [6.45, 7) is 8.98. The molecular weight excluding hydrogens is 598 g/mol. The summed E-state index contributed by atoms with van der Waals surface area (Å²) >= 11 is 3.57. The van der Waals surface area contributed by atoms with Crippen LogP contribution >= 0.6 is 22.7 Å². The van der Waals surface area contributed by atoms with Gasteiger partial charge in [-0.05, 0) is 110 Å². The van der Waals surface area contributed by atoms with Crippen LogP contribution in [0.3, 0.4) is 0 Å². The fraction of sp³-hybridized carbons (Fsp3) is 0.316. The Labute approximate surface area is 282 Å². The number of benzene rings is 4. The zero-order chi connectivity index (χ0) is 31.2. The highest BCUT2D eigenvalue weighted by Crippen LogP contribution is 2.31. The number of aromatic nitrogens is 2. The van der Waals surface area contributed by atoms with Crippen molar-refractivity contribution in [2.75, 3.05) is 13.1 Å². The lowest BCUT2D eigenvalue weighted by atomic mass is 9.70. The fourth-order valence-corrected chi connectivity index (χ4v) is 9.22. The van der Waals surface area contributed by atoms with Gasteiger partial charge in [0.15, 0.2) is 0 Å². The molecule has 0 amide bonds. The Morgan fingerprint density at radius 3 is 2.11 bits per heavy atom. The maximum absolute atomic E-state index is 5.16. The molecule has 0 bridgehead atoms. The van der Waals surface area contributed by atoms with E-state index in [-0.39, 0.29) is 0 Å². The predicted molar refractivity (Wildman–Crippen MR) is 201 cm³/mol. The van der Waals surface area contributed by atoms with Crippen LogP contribution in [0, 0.1) is 0 Å². The van der Waals surface area contributed by atoms with Crippen LogP contribution in [0.15, 0.2) is 78.3 Å². The first-order valence-corrected chi connectivity index (χ1v) is 18.6. The number of nitrogens with zero attached hydrogens (tertiary/aromatic N) is 4. The molecule has 8 rings (SSSR count). The lowest BCUT2D eigenvalue weighted by Crippen LogP contribution is -2.28. The Morgan fingerprint density at radius 1 is 0.717 bits per heavy atom. The summed E-state index contributed by atoms with van der Waals surface area (Å²) < 4.78 is 2.56. The molecule has 0 saturated heterocycles. The fourth-order valence-electron chi connectivity index (χ4n) is 7.58. The molecular formula is C38H40B2N4S2. The van der Waals surface area contributed by atoms with E-state index >= 15 is 0 Å². The van der Waals surface area contributed by atoms with Crippen LogP contribution in [-0.2, 0) is 25.9 Å². The molecule has 0 fully saturated rings. The highest BCUT2D eigenvalue weighted by atomic mass is 32.1. The Hall–Kier alpha value is -3.29. The van der Waals surface area contributed by atoms with E-state index in [0.717, 1.165) is 50.9 Å². The molecule has 0 radical (unpaired) electrons. The molecule has 2 aliphatic heterocycles. The predicted octanol–water partition coefficient (Wildman–Crippen LogP) is 5.57. The molecule has 0 spiro atoms. The molecule has 6 aromatic rings. The van der Waals surface area contributed by atoms with Gasteiger partial charge in [0.25, 0.3) is 0 Å². The molecule has 8 heteroatoms. The van der Waals surface area contributed by atoms with E-state index in [1.165, 1.54) is 77.9 Å². The van der Waals surface area contributed by atoms with Crippen molar-refractivity contribution in [3.63, 3.8) is 0 Å². The van der Waals surface area contributed by atoms with E-state index in [9.17, 15) is 0 Å². The van der Waals surface area contributed by atoms with Gasteiger partial charge in [-0.15, -0.1) is 22.7 Å². The number of thiazole rings is 2. The van der Waals surface area contributed by atoms with Gasteiger partial charge in [-0.1, -0.05) is 59.5 Å². The topological polar surface area (TPSA) is 32.3 Å². The smallest absolute Gasteiger partial charge is 0.229 e. The van der Waals surface area contributed by atoms with Crippen LogP contribution in [0.5, 0.6) is 0 Å². The minimum absolute atomic E-state index is 0.365. The molecule has 2 aromatic heterocycles. The number of fused-ring (bicyclic) bond motifs is 4. The zero-order valence-electron chi connectivity index (χ0n) is 27.1. The molecule has 0 aliphatic carbocycles. The largest absolute Gasteiger partial charge is 0.292 e.